The molecule has 0 radical (unpaired) electrons. The number of hydrogen-bond donors (Lipinski definition) is 1. The first-order valence-corrected chi connectivity index (χ1v) is 6.73. The van der Waals surface area contributed by atoms with E-state index >= 15 is 0 Å². The van der Waals surface area contributed by atoms with Crippen LogP contribution in [0.2, 0.25) is 5.02 Å². The monoisotopic (exact) mass is 284 g/mol. The molecular formula is C13H17ClN2OS. The Hall–Kier alpha value is -0.840. The highest BCUT2D eigenvalue weighted by molar-refractivity contribution is 7.80. The fraction of sp³-hybridized carbons (Fsp3) is 0.462. The zero-order valence-electron chi connectivity index (χ0n) is 10.5. The van der Waals surface area contributed by atoms with Crippen molar-refractivity contribution >= 4 is 34.5 Å². The van der Waals surface area contributed by atoms with E-state index < -0.39 is 0 Å². The van der Waals surface area contributed by atoms with Crippen molar-refractivity contribution in [2.45, 2.75) is 25.5 Å². The standard InChI is InChI=1S/C13H17ClN2OS/c1-8-11(5-6-17-8)16(2)12-7-9(14)3-4-10(12)13(15)18/h3-4,7-8,11H,5-6H2,1-2H3,(H2,15,18). The van der Waals surface area contributed by atoms with Gasteiger partial charge in [-0.2, -0.15) is 0 Å². The number of nitrogens with two attached hydrogens (primary N) is 1. The van der Waals surface area contributed by atoms with Gasteiger partial charge in [-0.15, -0.1) is 0 Å². The van der Waals surface area contributed by atoms with Crippen LogP contribution in [0.4, 0.5) is 5.69 Å². The topological polar surface area (TPSA) is 38.5 Å². The number of hydrogen-bond acceptors (Lipinski definition) is 3. The first-order chi connectivity index (χ1) is 8.50. The summed E-state index contributed by atoms with van der Waals surface area (Å²) in [4.78, 5) is 2.55. The predicted molar refractivity (Wildman–Crippen MR) is 79.6 cm³/mol. The van der Waals surface area contributed by atoms with E-state index in [0.29, 0.717) is 16.1 Å². The zero-order chi connectivity index (χ0) is 13.3. The van der Waals surface area contributed by atoms with Gasteiger partial charge < -0.3 is 15.4 Å². The van der Waals surface area contributed by atoms with Gasteiger partial charge >= 0.3 is 0 Å². The highest BCUT2D eigenvalue weighted by atomic mass is 35.5. The summed E-state index contributed by atoms with van der Waals surface area (Å²) in [6.07, 6.45) is 1.20. The van der Waals surface area contributed by atoms with Crippen LogP contribution in [-0.2, 0) is 4.74 Å². The molecule has 1 aromatic carbocycles. The minimum Gasteiger partial charge on any atom is -0.389 e. The fourth-order valence-electron chi connectivity index (χ4n) is 2.41. The molecule has 5 heteroatoms. The van der Waals surface area contributed by atoms with Crippen molar-refractivity contribution in [2.24, 2.45) is 5.73 Å². The molecular weight excluding hydrogens is 268 g/mol. The second kappa shape index (κ2) is 5.43. The Morgan fingerprint density at radius 3 is 2.83 bits per heavy atom. The van der Waals surface area contributed by atoms with Crippen molar-refractivity contribution in [3.63, 3.8) is 0 Å². The molecule has 2 N–H and O–H groups in total. The summed E-state index contributed by atoms with van der Waals surface area (Å²) in [6, 6.07) is 5.91. The van der Waals surface area contributed by atoms with Gasteiger partial charge in [0.05, 0.1) is 12.1 Å². The maximum atomic E-state index is 6.07. The van der Waals surface area contributed by atoms with Crippen LogP contribution in [0, 0.1) is 0 Å². The number of benzene rings is 1. The van der Waals surface area contributed by atoms with Crippen LogP contribution in [-0.4, -0.2) is 30.8 Å². The van der Waals surface area contributed by atoms with E-state index in [4.69, 9.17) is 34.3 Å². The average molecular weight is 285 g/mol. The van der Waals surface area contributed by atoms with Crippen LogP contribution in [0.25, 0.3) is 0 Å². The van der Waals surface area contributed by atoms with Gasteiger partial charge in [-0.25, -0.2) is 0 Å². The number of likely N-dealkylation sites (N-methyl/N-ethyl adjacent to an activating group) is 1. The molecule has 18 heavy (non-hydrogen) atoms. The molecule has 0 spiro atoms. The SMILES string of the molecule is CC1OCCC1N(C)c1cc(Cl)ccc1C(N)=S. The highest BCUT2D eigenvalue weighted by Gasteiger charge is 2.29. The molecule has 98 valence electrons. The summed E-state index contributed by atoms with van der Waals surface area (Å²) in [5.74, 6) is 0. The van der Waals surface area contributed by atoms with E-state index in [-0.39, 0.29) is 6.10 Å². The third-order valence-electron chi connectivity index (χ3n) is 3.44. The Labute approximate surface area is 118 Å². The second-order valence-electron chi connectivity index (χ2n) is 4.57. The van der Waals surface area contributed by atoms with Crippen LogP contribution in [0.1, 0.15) is 18.9 Å². The molecule has 3 nitrogen and oxygen atoms in total. The van der Waals surface area contributed by atoms with Crippen molar-refractivity contribution in [1.82, 2.24) is 0 Å². The van der Waals surface area contributed by atoms with Crippen molar-refractivity contribution in [3.8, 4) is 0 Å². The molecule has 0 aromatic heterocycles. The number of rotatable bonds is 3. The van der Waals surface area contributed by atoms with Crippen LogP contribution in [0.3, 0.4) is 0 Å². The van der Waals surface area contributed by atoms with Crippen LogP contribution in [0.15, 0.2) is 18.2 Å². The number of ether oxygens (including phenoxy) is 1. The predicted octanol–water partition coefficient (Wildman–Crippen LogP) is 2.59. The van der Waals surface area contributed by atoms with Gasteiger partial charge in [-0.3, -0.25) is 0 Å². The molecule has 2 rings (SSSR count). The van der Waals surface area contributed by atoms with Gasteiger partial charge in [0, 0.05) is 29.9 Å². The average Bonchev–Trinajstić information content (AvgIpc) is 2.74. The number of anilines is 1. The van der Waals surface area contributed by atoms with Crippen molar-refractivity contribution < 1.29 is 4.74 Å². The molecule has 0 saturated carbocycles. The minimum atomic E-state index is 0.202. The normalized spacial score (nSPS) is 23.1. The molecule has 1 aromatic rings. The lowest BCUT2D eigenvalue weighted by Crippen LogP contribution is -2.37. The minimum absolute atomic E-state index is 0.202. The molecule has 1 heterocycles. The first-order valence-electron chi connectivity index (χ1n) is 5.94. The van der Waals surface area contributed by atoms with Gasteiger partial charge in [-0.1, -0.05) is 23.8 Å². The van der Waals surface area contributed by atoms with E-state index in [2.05, 4.69) is 11.8 Å². The lowest BCUT2D eigenvalue weighted by atomic mass is 10.1. The Bertz CT molecular complexity index is 466. The van der Waals surface area contributed by atoms with E-state index in [1.165, 1.54) is 0 Å². The lowest BCUT2D eigenvalue weighted by molar-refractivity contribution is 0.118. The molecule has 1 fully saturated rings. The molecule has 2 unspecified atom stereocenters. The highest BCUT2D eigenvalue weighted by Crippen LogP contribution is 2.29. The van der Waals surface area contributed by atoms with Crippen LogP contribution >= 0.6 is 23.8 Å². The van der Waals surface area contributed by atoms with E-state index in [1.807, 2.05) is 25.2 Å². The van der Waals surface area contributed by atoms with Crippen molar-refractivity contribution in [3.05, 3.63) is 28.8 Å². The van der Waals surface area contributed by atoms with E-state index in [1.54, 1.807) is 0 Å². The van der Waals surface area contributed by atoms with E-state index in [9.17, 15) is 0 Å². The van der Waals surface area contributed by atoms with Gasteiger partial charge in [0.2, 0.25) is 0 Å². The third-order valence-corrected chi connectivity index (χ3v) is 3.89. The molecule has 1 aliphatic rings. The summed E-state index contributed by atoms with van der Waals surface area (Å²) in [6.45, 7) is 2.87. The molecule has 1 saturated heterocycles. The Morgan fingerprint density at radius 1 is 1.56 bits per heavy atom. The summed E-state index contributed by atoms with van der Waals surface area (Å²) >= 11 is 11.2. The maximum absolute atomic E-state index is 6.07. The smallest absolute Gasteiger partial charge is 0.106 e. The maximum Gasteiger partial charge on any atom is 0.106 e. The van der Waals surface area contributed by atoms with Crippen LogP contribution in [0.5, 0.6) is 0 Å². The summed E-state index contributed by atoms with van der Waals surface area (Å²) in [5, 5.41) is 0.684. The first kappa shape index (κ1) is 13.6. The van der Waals surface area contributed by atoms with Crippen molar-refractivity contribution in [2.75, 3.05) is 18.6 Å². The number of nitrogens with zero attached hydrogens (tertiary/aromatic N) is 1. The Morgan fingerprint density at radius 2 is 2.28 bits per heavy atom. The van der Waals surface area contributed by atoms with Gasteiger partial charge in [0.25, 0.3) is 0 Å². The van der Waals surface area contributed by atoms with Gasteiger partial charge in [0.1, 0.15) is 4.99 Å². The zero-order valence-corrected chi connectivity index (χ0v) is 12.1. The Balaban J connectivity index is 2.36. The quantitative estimate of drug-likeness (QED) is 0.866. The number of halogens is 1. The molecule has 0 bridgehead atoms. The summed E-state index contributed by atoms with van der Waals surface area (Å²) < 4.78 is 5.60. The van der Waals surface area contributed by atoms with Crippen LogP contribution < -0.4 is 10.6 Å². The lowest BCUT2D eigenvalue weighted by Gasteiger charge is -2.30. The number of thiocarbonyl (C=S) groups is 1. The van der Waals surface area contributed by atoms with Crippen molar-refractivity contribution in [1.29, 1.82) is 0 Å². The summed E-state index contributed by atoms with van der Waals surface area (Å²) in [7, 11) is 2.03. The molecule has 1 aliphatic heterocycles. The summed E-state index contributed by atoms with van der Waals surface area (Å²) in [5.41, 5.74) is 7.59. The molecule has 0 amide bonds. The van der Waals surface area contributed by atoms with E-state index in [0.717, 1.165) is 24.3 Å². The van der Waals surface area contributed by atoms with Gasteiger partial charge in [-0.05, 0) is 31.5 Å². The third kappa shape index (κ3) is 2.60. The largest absolute Gasteiger partial charge is 0.389 e. The Kier molecular flexibility index (Phi) is 4.10. The fourth-order valence-corrected chi connectivity index (χ4v) is 2.75. The molecule has 2 atom stereocenters. The van der Waals surface area contributed by atoms with Gasteiger partial charge in [0.15, 0.2) is 0 Å². The molecule has 0 aliphatic carbocycles. The second-order valence-corrected chi connectivity index (χ2v) is 5.44.